The zero-order valence-corrected chi connectivity index (χ0v) is 13.6. The molecule has 1 aromatic heterocycles. The molecule has 3 rings (SSSR count). The Morgan fingerprint density at radius 3 is 3.05 bits per heavy atom. The Kier molecular flexibility index (Phi) is 4.87. The van der Waals surface area contributed by atoms with Gasteiger partial charge in [0.15, 0.2) is 5.11 Å². The van der Waals surface area contributed by atoms with Crippen LogP contribution in [0.25, 0.3) is 10.1 Å². The van der Waals surface area contributed by atoms with E-state index in [9.17, 15) is 4.79 Å². The summed E-state index contributed by atoms with van der Waals surface area (Å²) in [6, 6.07) is 7.82. The molecule has 0 unspecified atom stereocenters. The monoisotopic (exact) mass is 335 g/mol. The van der Waals surface area contributed by atoms with Gasteiger partial charge in [-0.25, -0.2) is 0 Å². The number of rotatable bonds is 3. The normalized spacial score (nSPS) is 17.4. The molecule has 0 aliphatic carbocycles. The first-order chi connectivity index (χ1) is 10.7. The van der Waals surface area contributed by atoms with E-state index in [0.717, 1.165) is 29.5 Å². The van der Waals surface area contributed by atoms with Gasteiger partial charge in [0.05, 0.1) is 11.7 Å². The number of hydrogen-bond acceptors (Lipinski definition) is 4. The minimum Gasteiger partial charge on any atom is -0.376 e. The van der Waals surface area contributed by atoms with Crippen molar-refractivity contribution in [2.75, 3.05) is 13.2 Å². The number of fused-ring (bicyclic) bond motifs is 1. The van der Waals surface area contributed by atoms with Gasteiger partial charge in [-0.3, -0.25) is 15.6 Å². The van der Waals surface area contributed by atoms with Crippen molar-refractivity contribution in [3.8, 4) is 0 Å². The smallest absolute Gasteiger partial charge is 0.271 e. The van der Waals surface area contributed by atoms with E-state index < -0.39 is 0 Å². The van der Waals surface area contributed by atoms with Crippen LogP contribution in [0.4, 0.5) is 0 Å². The highest BCUT2D eigenvalue weighted by Crippen LogP contribution is 2.25. The summed E-state index contributed by atoms with van der Waals surface area (Å²) >= 11 is 6.69. The maximum absolute atomic E-state index is 12.2. The minimum atomic E-state index is -0.196. The molecule has 7 heteroatoms. The molecular formula is C15H17N3O2S2. The molecule has 116 valence electrons. The van der Waals surface area contributed by atoms with Crippen molar-refractivity contribution < 1.29 is 9.53 Å². The second-order valence-corrected chi connectivity index (χ2v) is 6.39. The first-order valence-electron chi connectivity index (χ1n) is 7.16. The van der Waals surface area contributed by atoms with Crippen molar-refractivity contribution in [1.29, 1.82) is 0 Å². The molecule has 22 heavy (non-hydrogen) atoms. The van der Waals surface area contributed by atoms with Crippen molar-refractivity contribution in [2.24, 2.45) is 0 Å². The summed E-state index contributed by atoms with van der Waals surface area (Å²) in [5.41, 5.74) is 6.00. The molecule has 1 aliphatic rings. The molecule has 1 saturated heterocycles. The first kappa shape index (κ1) is 15.2. The molecule has 1 fully saturated rings. The Balaban J connectivity index is 1.50. The quantitative estimate of drug-likeness (QED) is 0.593. The fourth-order valence-electron chi connectivity index (χ4n) is 2.39. The van der Waals surface area contributed by atoms with Crippen LogP contribution in [-0.4, -0.2) is 30.3 Å². The molecular weight excluding hydrogens is 318 g/mol. The summed E-state index contributed by atoms with van der Waals surface area (Å²) in [5.74, 6) is -0.196. The zero-order chi connectivity index (χ0) is 15.4. The second kappa shape index (κ2) is 7.04. The van der Waals surface area contributed by atoms with Gasteiger partial charge in [-0.15, -0.1) is 11.3 Å². The third kappa shape index (κ3) is 3.55. The van der Waals surface area contributed by atoms with E-state index in [2.05, 4.69) is 16.2 Å². The van der Waals surface area contributed by atoms with Gasteiger partial charge in [-0.05, 0) is 31.1 Å². The molecule has 1 amide bonds. The maximum atomic E-state index is 12.2. The van der Waals surface area contributed by atoms with Crippen LogP contribution in [0.15, 0.2) is 29.6 Å². The van der Waals surface area contributed by atoms with E-state index >= 15 is 0 Å². The SMILES string of the molecule is O=C(NNC(=S)NC[C@@H]1CCCO1)c1csc2ccccc12. The highest BCUT2D eigenvalue weighted by Gasteiger charge is 2.16. The number of hydrogen-bond donors (Lipinski definition) is 3. The fourth-order valence-corrected chi connectivity index (χ4v) is 3.47. The van der Waals surface area contributed by atoms with Crippen LogP contribution in [0.5, 0.6) is 0 Å². The average molecular weight is 335 g/mol. The van der Waals surface area contributed by atoms with Crippen LogP contribution in [0.2, 0.25) is 0 Å². The molecule has 1 aromatic carbocycles. The molecule has 1 atom stereocenters. The average Bonchev–Trinajstić information content (AvgIpc) is 3.19. The van der Waals surface area contributed by atoms with Gasteiger partial charge in [-0.2, -0.15) is 0 Å². The molecule has 0 saturated carbocycles. The van der Waals surface area contributed by atoms with Crippen molar-refractivity contribution in [3.05, 3.63) is 35.2 Å². The Bertz CT molecular complexity index is 680. The van der Waals surface area contributed by atoms with E-state index in [1.807, 2.05) is 29.6 Å². The Morgan fingerprint density at radius 2 is 2.23 bits per heavy atom. The number of ether oxygens (including phenoxy) is 1. The number of amides is 1. The number of benzene rings is 1. The van der Waals surface area contributed by atoms with Gasteiger partial charge >= 0.3 is 0 Å². The lowest BCUT2D eigenvalue weighted by atomic mass is 10.2. The lowest BCUT2D eigenvalue weighted by Gasteiger charge is -2.14. The minimum absolute atomic E-state index is 0.196. The molecule has 0 spiro atoms. The Labute approximate surface area is 138 Å². The van der Waals surface area contributed by atoms with Crippen LogP contribution < -0.4 is 16.2 Å². The molecule has 3 N–H and O–H groups in total. The first-order valence-corrected chi connectivity index (χ1v) is 8.45. The predicted octanol–water partition coefficient (Wildman–Crippen LogP) is 2.19. The Hall–Kier alpha value is -1.70. The topological polar surface area (TPSA) is 62.4 Å². The van der Waals surface area contributed by atoms with Gasteiger partial charge in [0.1, 0.15) is 0 Å². The lowest BCUT2D eigenvalue weighted by Crippen LogP contribution is -2.48. The predicted molar refractivity (Wildman–Crippen MR) is 92.0 cm³/mol. The van der Waals surface area contributed by atoms with Crippen molar-refractivity contribution >= 4 is 44.7 Å². The molecule has 0 bridgehead atoms. The summed E-state index contributed by atoms with van der Waals surface area (Å²) in [4.78, 5) is 12.2. The van der Waals surface area contributed by atoms with Crippen LogP contribution in [0, 0.1) is 0 Å². The maximum Gasteiger partial charge on any atom is 0.271 e. The third-order valence-corrected chi connectivity index (χ3v) is 4.74. The lowest BCUT2D eigenvalue weighted by molar-refractivity contribution is 0.0945. The number of thiocarbonyl (C=S) groups is 1. The summed E-state index contributed by atoms with van der Waals surface area (Å²) < 4.78 is 6.59. The molecule has 2 aromatic rings. The van der Waals surface area contributed by atoms with Gasteiger partial charge in [-0.1, -0.05) is 18.2 Å². The van der Waals surface area contributed by atoms with Gasteiger partial charge in [0.25, 0.3) is 5.91 Å². The van der Waals surface area contributed by atoms with Crippen molar-refractivity contribution in [3.63, 3.8) is 0 Å². The number of carbonyl (C=O) groups is 1. The zero-order valence-electron chi connectivity index (χ0n) is 11.9. The molecule has 2 heterocycles. The van der Waals surface area contributed by atoms with Gasteiger partial charge in [0, 0.05) is 28.6 Å². The summed E-state index contributed by atoms with van der Waals surface area (Å²) in [5, 5.41) is 6.24. The molecule has 5 nitrogen and oxygen atoms in total. The fraction of sp³-hybridized carbons (Fsp3) is 0.333. The number of hydrazine groups is 1. The number of nitrogens with one attached hydrogen (secondary N) is 3. The molecule has 1 aliphatic heterocycles. The van der Waals surface area contributed by atoms with E-state index in [1.54, 1.807) is 11.3 Å². The van der Waals surface area contributed by atoms with Crippen LogP contribution >= 0.6 is 23.6 Å². The van der Waals surface area contributed by atoms with Gasteiger partial charge in [0.2, 0.25) is 0 Å². The second-order valence-electron chi connectivity index (χ2n) is 5.07. The highest BCUT2D eigenvalue weighted by atomic mass is 32.1. The Morgan fingerprint density at radius 1 is 1.36 bits per heavy atom. The van der Waals surface area contributed by atoms with Crippen LogP contribution in [-0.2, 0) is 4.74 Å². The summed E-state index contributed by atoms with van der Waals surface area (Å²) in [6.07, 6.45) is 2.34. The van der Waals surface area contributed by atoms with Crippen molar-refractivity contribution in [1.82, 2.24) is 16.2 Å². The molecule has 0 radical (unpaired) electrons. The number of carbonyl (C=O) groups excluding carboxylic acids is 1. The van der Waals surface area contributed by atoms with Crippen LogP contribution in [0.1, 0.15) is 23.2 Å². The van der Waals surface area contributed by atoms with E-state index in [4.69, 9.17) is 17.0 Å². The van der Waals surface area contributed by atoms with Crippen LogP contribution in [0.3, 0.4) is 0 Å². The van der Waals surface area contributed by atoms with E-state index in [0.29, 0.717) is 17.2 Å². The third-order valence-electron chi connectivity index (χ3n) is 3.53. The highest BCUT2D eigenvalue weighted by molar-refractivity contribution is 7.80. The van der Waals surface area contributed by atoms with Crippen molar-refractivity contribution in [2.45, 2.75) is 18.9 Å². The van der Waals surface area contributed by atoms with Gasteiger partial charge < -0.3 is 10.1 Å². The number of thiophene rings is 1. The largest absolute Gasteiger partial charge is 0.376 e. The van der Waals surface area contributed by atoms with E-state index in [-0.39, 0.29) is 12.0 Å². The summed E-state index contributed by atoms with van der Waals surface area (Å²) in [7, 11) is 0. The standard InChI is InChI=1S/C15H17N3O2S2/c19-14(12-9-22-13-6-2-1-5-11(12)13)17-18-15(21)16-8-10-4-3-7-20-10/h1-2,5-6,9-10H,3-4,7-8H2,(H,17,19)(H2,16,18,21)/t10-/m0/s1. The summed E-state index contributed by atoms with van der Waals surface area (Å²) in [6.45, 7) is 1.47. The van der Waals surface area contributed by atoms with E-state index in [1.165, 1.54) is 0 Å².